The maximum atomic E-state index is 12.0. The Morgan fingerprint density at radius 3 is 1.94 bits per heavy atom. The maximum Gasteiger partial charge on any atom is 0.338 e. The molecule has 0 heterocycles. The van der Waals surface area contributed by atoms with Crippen LogP contribution in [0.1, 0.15) is 83.5 Å². The van der Waals surface area contributed by atoms with E-state index in [0.29, 0.717) is 0 Å². The largest absolute Gasteiger partial charge is 0.458 e. The molecule has 1 aromatic carbocycles. The minimum Gasteiger partial charge on any atom is -0.458 e. The molecule has 0 atom stereocenters. The van der Waals surface area contributed by atoms with Gasteiger partial charge in [-0.1, -0.05) is 46.6 Å². The summed E-state index contributed by atoms with van der Waals surface area (Å²) in [6, 6.07) is 5.57. The van der Waals surface area contributed by atoms with Gasteiger partial charge in [-0.2, -0.15) is 0 Å². The Morgan fingerprint density at radius 2 is 1.41 bits per heavy atom. The zero-order chi connectivity index (χ0) is 23.9. The number of carbonyl (C=O) groups is 1. The number of hydrogen-bond acceptors (Lipinski definition) is 4. The lowest BCUT2D eigenvalue weighted by atomic mass is 10.0. The van der Waals surface area contributed by atoms with Gasteiger partial charge in [-0.05, 0) is 85.3 Å². The number of hydrogen-bond donors (Lipinski definition) is 0. The van der Waals surface area contributed by atoms with Crippen molar-refractivity contribution in [2.75, 3.05) is 6.61 Å². The molecule has 1 aromatic rings. The van der Waals surface area contributed by atoms with Crippen molar-refractivity contribution in [3.05, 3.63) is 86.5 Å². The summed E-state index contributed by atoms with van der Waals surface area (Å²) >= 11 is 0. The minimum atomic E-state index is -0.558. The number of allylic oxidation sites excluding steroid dienone is 7. The molecule has 0 spiro atoms. The fraction of sp³-hybridized carbons (Fsp3) is 0.444. The van der Waals surface area contributed by atoms with Gasteiger partial charge in [-0.15, -0.1) is 0 Å². The molecule has 0 fully saturated rings. The Morgan fingerprint density at radius 1 is 0.875 bits per heavy atom. The van der Waals surface area contributed by atoms with Crippen LogP contribution in [0.3, 0.4) is 0 Å². The second-order valence-electron chi connectivity index (χ2n) is 8.45. The predicted octanol–water partition coefficient (Wildman–Crippen LogP) is 7.90. The van der Waals surface area contributed by atoms with Gasteiger partial charge < -0.3 is 4.74 Å². The van der Waals surface area contributed by atoms with E-state index in [1.54, 1.807) is 0 Å². The molecule has 0 saturated heterocycles. The summed E-state index contributed by atoms with van der Waals surface area (Å²) in [5, 5.41) is 10.8. The van der Waals surface area contributed by atoms with Crippen molar-refractivity contribution in [1.82, 2.24) is 0 Å². The molecular weight excluding hydrogens is 402 g/mol. The van der Waals surface area contributed by atoms with Crippen molar-refractivity contribution in [1.29, 1.82) is 0 Å². The first-order valence-corrected chi connectivity index (χ1v) is 11.2. The first-order chi connectivity index (χ1) is 15.2. The molecule has 0 bridgehead atoms. The van der Waals surface area contributed by atoms with Crippen LogP contribution in [0.4, 0.5) is 5.69 Å². The van der Waals surface area contributed by atoms with Gasteiger partial charge in [-0.3, -0.25) is 10.1 Å². The molecule has 32 heavy (non-hydrogen) atoms. The number of nitrogens with zero attached hydrogens (tertiary/aromatic N) is 1. The second kappa shape index (κ2) is 15.0. The summed E-state index contributed by atoms with van der Waals surface area (Å²) in [7, 11) is 0. The van der Waals surface area contributed by atoms with E-state index in [9.17, 15) is 14.9 Å². The van der Waals surface area contributed by atoms with E-state index in [4.69, 9.17) is 4.74 Å². The third kappa shape index (κ3) is 12.0. The number of esters is 1. The third-order valence-electron chi connectivity index (χ3n) is 5.09. The molecule has 0 amide bonds. The molecule has 0 aliphatic rings. The van der Waals surface area contributed by atoms with Crippen LogP contribution >= 0.6 is 0 Å². The summed E-state index contributed by atoms with van der Waals surface area (Å²) < 4.78 is 5.21. The number of non-ortho nitro benzene ring substituents is 1. The van der Waals surface area contributed by atoms with Crippen LogP contribution in [0.15, 0.2) is 70.9 Å². The fourth-order valence-corrected chi connectivity index (χ4v) is 3.08. The van der Waals surface area contributed by atoms with Gasteiger partial charge >= 0.3 is 5.97 Å². The number of carbonyl (C=O) groups excluding carboxylic acids is 1. The molecule has 0 aliphatic carbocycles. The van der Waals surface area contributed by atoms with E-state index >= 15 is 0 Å². The smallest absolute Gasteiger partial charge is 0.338 e. The second-order valence-corrected chi connectivity index (χ2v) is 8.45. The molecule has 0 aromatic heterocycles. The molecule has 0 aliphatic heterocycles. The van der Waals surface area contributed by atoms with Crippen molar-refractivity contribution < 1.29 is 14.5 Å². The molecule has 5 heteroatoms. The van der Waals surface area contributed by atoms with Gasteiger partial charge in [0.15, 0.2) is 0 Å². The van der Waals surface area contributed by atoms with Gasteiger partial charge in [0, 0.05) is 12.1 Å². The van der Waals surface area contributed by atoms with Crippen molar-refractivity contribution in [2.45, 2.75) is 73.1 Å². The first kappa shape index (κ1) is 27.1. The van der Waals surface area contributed by atoms with Crippen LogP contribution in [-0.4, -0.2) is 17.5 Å². The number of rotatable bonds is 13. The monoisotopic (exact) mass is 439 g/mol. The minimum absolute atomic E-state index is 0.122. The first-order valence-electron chi connectivity index (χ1n) is 11.2. The number of nitro groups is 1. The molecule has 0 saturated carbocycles. The van der Waals surface area contributed by atoms with E-state index in [1.165, 1.54) is 41.0 Å². The molecular formula is C27H37NO4. The molecule has 174 valence electrons. The van der Waals surface area contributed by atoms with Crippen molar-refractivity contribution >= 4 is 11.7 Å². The van der Waals surface area contributed by atoms with E-state index in [2.05, 4.69) is 45.9 Å². The highest BCUT2D eigenvalue weighted by Gasteiger charge is 2.12. The average Bonchev–Trinajstić information content (AvgIpc) is 2.73. The highest BCUT2D eigenvalue weighted by atomic mass is 16.6. The Bertz CT molecular complexity index is 887. The van der Waals surface area contributed by atoms with Crippen LogP contribution in [0.2, 0.25) is 0 Å². The van der Waals surface area contributed by atoms with Gasteiger partial charge in [0.1, 0.15) is 6.61 Å². The topological polar surface area (TPSA) is 69.4 Å². The van der Waals surface area contributed by atoms with E-state index in [0.717, 1.165) is 44.1 Å². The molecule has 0 N–H and O–H groups in total. The number of nitro benzene ring substituents is 1. The van der Waals surface area contributed by atoms with Gasteiger partial charge in [0.25, 0.3) is 5.69 Å². The quantitative estimate of drug-likeness (QED) is 0.136. The summed E-state index contributed by atoms with van der Waals surface area (Å²) in [6.45, 7) is 10.8. The average molecular weight is 440 g/mol. The van der Waals surface area contributed by atoms with Crippen molar-refractivity contribution in [2.24, 2.45) is 0 Å². The Kier molecular flexibility index (Phi) is 12.7. The molecule has 0 unspecified atom stereocenters. The van der Waals surface area contributed by atoms with E-state index in [-0.39, 0.29) is 17.9 Å². The Labute approximate surface area is 192 Å². The Balaban J connectivity index is 2.34. The van der Waals surface area contributed by atoms with Crippen LogP contribution in [0.25, 0.3) is 0 Å². The van der Waals surface area contributed by atoms with Gasteiger partial charge in [-0.25, -0.2) is 4.79 Å². The summed E-state index contributed by atoms with van der Waals surface area (Å²) in [4.78, 5) is 22.3. The molecule has 1 rings (SSSR count). The zero-order valence-electron chi connectivity index (χ0n) is 20.1. The van der Waals surface area contributed by atoms with Crippen LogP contribution in [-0.2, 0) is 4.74 Å². The normalized spacial score (nSPS) is 12.5. The summed E-state index contributed by atoms with van der Waals surface area (Å²) in [6.07, 6.45) is 15.0. The van der Waals surface area contributed by atoms with Gasteiger partial charge in [0.2, 0.25) is 0 Å². The van der Waals surface area contributed by atoms with Crippen LogP contribution in [0.5, 0.6) is 0 Å². The molecule has 0 radical (unpaired) electrons. The van der Waals surface area contributed by atoms with E-state index in [1.807, 2.05) is 13.0 Å². The Hall–Kier alpha value is -2.95. The van der Waals surface area contributed by atoms with E-state index < -0.39 is 10.9 Å². The van der Waals surface area contributed by atoms with Crippen LogP contribution < -0.4 is 0 Å². The maximum absolute atomic E-state index is 12.0. The highest BCUT2D eigenvalue weighted by Crippen LogP contribution is 2.15. The lowest BCUT2D eigenvalue weighted by Crippen LogP contribution is -2.06. The fourth-order valence-electron chi connectivity index (χ4n) is 3.08. The number of benzene rings is 1. The zero-order valence-corrected chi connectivity index (χ0v) is 20.1. The highest BCUT2D eigenvalue weighted by molar-refractivity contribution is 5.90. The molecule has 5 nitrogen and oxygen atoms in total. The predicted molar refractivity (Wildman–Crippen MR) is 132 cm³/mol. The standard InChI is InChI=1S/C27H37NO4/c1-21(2)10-6-11-22(3)12-7-13-23(4)14-8-15-24(5)18-19-32-27(29)25-16-9-17-26(20-25)28(30)31/h9-10,12,14,16-18,20H,6-8,11,13,15,19H2,1-5H3/b22-12+,23-14+,24-18+. The summed E-state index contributed by atoms with van der Waals surface area (Å²) in [5.41, 5.74) is 5.43. The third-order valence-corrected chi connectivity index (χ3v) is 5.09. The lowest BCUT2D eigenvalue weighted by molar-refractivity contribution is -0.384. The van der Waals surface area contributed by atoms with Gasteiger partial charge in [0.05, 0.1) is 10.5 Å². The lowest BCUT2D eigenvalue weighted by Gasteiger charge is -2.04. The van der Waals surface area contributed by atoms with Crippen molar-refractivity contribution in [3.8, 4) is 0 Å². The SMILES string of the molecule is CC(C)=CCC/C(C)=C/CC/C(C)=C/CC/C(C)=C/COC(=O)c1cccc([N+](=O)[O-])c1. The van der Waals surface area contributed by atoms with Crippen molar-refractivity contribution in [3.63, 3.8) is 0 Å². The van der Waals surface area contributed by atoms with Crippen LogP contribution in [0, 0.1) is 10.1 Å². The number of ether oxygens (including phenoxy) is 1. The summed E-state index contributed by atoms with van der Waals surface area (Å²) in [5.74, 6) is -0.558.